The van der Waals surface area contributed by atoms with Gasteiger partial charge in [-0.3, -0.25) is 0 Å². The first-order valence-electron chi connectivity index (χ1n) is 9.81. The molecule has 1 fully saturated rings. The molecule has 1 aliphatic heterocycles. The Kier molecular flexibility index (Phi) is 6.63. The fourth-order valence-electron chi connectivity index (χ4n) is 3.91. The molecular formula is C22H22Cl3N3O3. The van der Waals surface area contributed by atoms with Crippen LogP contribution in [0.15, 0.2) is 24.4 Å². The number of anilines is 1. The lowest BCUT2D eigenvalue weighted by Crippen LogP contribution is -2.39. The van der Waals surface area contributed by atoms with Gasteiger partial charge in [-0.15, -0.1) is 0 Å². The molecule has 0 aliphatic carbocycles. The molecule has 3 aromatic rings. The lowest BCUT2D eigenvalue weighted by Gasteiger charge is -2.33. The van der Waals surface area contributed by atoms with Crippen molar-refractivity contribution in [3.05, 3.63) is 39.6 Å². The molecule has 1 saturated heterocycles. The number of nitrogens with zero attached hydrogens (tertiary/aromatic N) is 3. The monoisotopic (exact) mass is 481 g/mol. The Morgan fingerprint density at radius 1 is 1.00 bits per heavy atom. The first-order chi connectivity index (χ1) is 15.0. The Morgan fingerprint density at radius 3 is 2.35 bits per heavy atom. The highest BCUT2D eigenvalue weighted by molar-refractivity contribution is 6.41. The largest absolute Gasteiger partial charge is 0.495 e. The minimum atomic E-state index is 0.135. The third kappa shape index (κ3) is 4.22. The van der Waals surface area contributed by atoms with E-state index < -0.39 is 0 Å². The topological polar surface area (TPSA) is 56.7 Å². The molecule has 0 N–H and O–H groups in total. The molecule has 6 nitrogen and oxygen atoms in total. The molecule has 1 aromatic carbocycles. The number of rotatable bonds is 5. The van der Waals surface area contributed by atoms with Crippen LogP contribution in [0, 0.1) is 0 Å². The summed E-state index contributed by atoms with van der Waals surface area (Å²) in [6, 6.07) is 5.38. The van der Waals surface area contributed by atoms with Crippen LogP contribution in [0.2, 0.25) is 15.2 Å². The predicted octanol–water partition coefficient (Wildman–Crippen LogP) is 5.89. The summed E-state index contributed by atoms with van der Waals surface area (Å²) in [4.78, 5) is 11.4. The lowest BCUT2D eigenvalue weighted by molar-refractivity contribution is 0.0892. The average Bonchev–Trinajstić information content (AvgIpc) is 2.79. The van der Waals surface area contributed by atoms with E-state index in [9.17, 15) is 0 Å². The third-order valence-electron chi connectivity index (χ3n) is 5.50. The van der Waals surface area contributed by atoms with Gasteiger partial charge in [-0.25, -0.2) is 9.97 Å². The fourth-order valence-corrected chi connectivity index (χ4v) is 4.76. The minimum Gasteiger partial charge on any atom is -0.495 e. The second kappa shape index (κ2) is 9.25. The lowest BCUT2D eigenvalue weighted by atomic mass is 10.0. The predicted molar refractivity (Wildman–Crippen MR) is 125 cm³/mol. The maximum atomic E-state index is 6.66. The van der Waals surface area contributed by atoms with E-state index in [1.54, 1.807) is 33.6 Å². The third-order valence-corrected chi connectivity index (χ3v) is 6.46. The molecule has 3 heterocycles. The van der Waals surface area contributed by atoms with Crippen LogP contribution in [0.3, 0.4) is 0 Å². The number of aromatic nitrogens is 2. The quantitative estimate of drug-likeness (QED) is 0.423. The van der Waals surface area contributed by atoms with Crippen LogP contribution in [0.5, 0.6) is 11.5 Å². The number of ether oxygens (including phenoxy) is 3. The van der Waals surface area contributed by atoms with Gasteiger partial charge in [-0.05, 0) is 25.0 Å². The van der Waals surface area contributed by atoms with E-state index in [4.69, 9.17) is 54.0 Å². The molecule has 1 unspecified atom stereocenters. The molecular weight excluding hydrogens is 461 g/mol. The summed E-state index contributed by atoms with van der Waals surface area (Å²) in [7, 11) is 4.82. The summed E-state index contributed by atoms with van der Waals surface area (Å²) in [5, 5.41) is 2.91. The fraction of sp³-hybridized carbons (Fsp3) is 0.364. The van der Waals surface area contributed by atoms with Crippen molar-refractivity contribution in [2.24, 2.45) is 0 Å². The van der Waals surface area contributed by atoms with Gasteiger partial charge in [-0.2, -0.15) is 0 Å². The van der Waals surface area contributed by atoms with Gasteiger partial charge >= 0.3 is 0 Å². The molecule has 31 heavy (non-hydrogen) atoms. The highest BCUT2D eigenvalue weighted by Crippen LogP contribution is 2.46. The number of methoxy groups -OCH3 is 3. The van der Waals surface area contributed by atoms with E-state index in [2.05, 4.69) is 9.88 Å². The van der Waals surface area contributed by atoms with Crippen molar-refractivity contribution in [2.75, 3.05) is 39.3 Å². The standard InChI is InChI=1S/C22H22Cl3N3O3/c1-29-13-5-4-6-28(11-13)22-14-8-18(23)26-10-12(14)7-15(27-22)19-20(24)16(30-2)9-17(31-3)21(19)25/h7-10,13H,4-6,11H2,1-3H3. The molecule has 1 atom stereocenters. The molecule has 0 saturated carbocycles. The van der Waals surface area contributed by atoms with Crippen LogP contribution >= 0.6 is 34.8 Å². The van der Waals surface area contributed by atoms with Crippen molar-refractivity contribution in [1.82, 2.24) is 9.97 Å². The van der Waals surface area contributed by atoms with Gasteiger partial charge in [0.2, 0.25) is 0 Å². The van der Waals surface area contributed by atoms with Gasteiger partial charge in [0.05, 0.1) is 36.1 Å². The average molecular weight is 483 g/mol. The zero-order valence-electron chi connectivity index (χ0n) is 17.4. The molecule has 1 aliphatic rings. The zero-order valence-corrected chi connectivity index (χ0v) is 19.7. The highest BCUT2D eigenvalue weighted by atomic mass is 35.5. The molecule has 0 radical (unpaired) electrons. The van der Waals surface area contributed by atoms with E-state index in [0.29, 0.717) is 38.0 Å². The van der Waals surface area contributed by atoms with Crippen molar-refractivity contribution < 1.29 is 14.2 Å². The van der Waals surface area contributed by atoms with Gasteiger partial charge < -0.3 is 19.1 Å². The van der Waals surface area contributed by atoms with E-state index in [1.165, 1.54) is 0 Å². The Balaban J connectivity index is 1.96. The summed E-state index contributed by atoms with van der Waals surface area (Å²) in [6.07, 6.45) is 3.87. The number of hydrogen-bond donors (Lipinski definition) is 0. The van der Waals surface area contributed by atoms with Crippen molar-refractivity contribution in [3.8, 4) is 22.8 Å². The van der Waals surface area contributed by atoms with Gasteiger partial charge in [0.15, 0.2) is 0 Å². The summed E-state index contributed by atoms with van der Waals surface area (Å²) in [6.45, 7) is 1.58. The summed E-state index contributed by atoms with van der Waals surface area (Å²) in [5.41, 5.74) is 1.14. The van der Waals surface area contributed by atoms with Crippen LogP contribution in [0.4, 0.5) is 5.82 Å². The zero-order chi connectivity index (χ0) is 22.1. The van der Waals surface area contributed by atoms with Gasteiger partial charge in [0, 0.05) is 48.8 Å². The second-order valence-corrected chi connectivity index (χ2v) is 8.43. The van der Waals surface area contributed by atoms with Crippen molar-refractivity contribution in [2.45, 2.75) is 18.9 Å². The van der Waals surface area contributed by atoms with Crippen molar-refractivity contribution >= 4 is 51.4 Å². The minimum absolute atomic E-state index is 0.135. The van der Waals surface area contributed by atoms with E-state index in [-0.39, 0.29) is 6.10 Å². The Bertz CT molecular complexity index is 1100. The van der Waals surface area contributed by atoms with Crippen LogP contribution < -0.4 is 14.4 Å². The first-order valence-corrected chi connectivity index (χ1v) is 10.9. The van der Waals surface area contributed by atoms with Gasteiger partial charge in [0.1, 0.15) is 22.5 Å². The number of fused-ring (bicyclic) bond motifs is 1. The summed E-state index contributed by atoms with van der Waals surface area (Å²) >= 11 is 19.5. The maximum absolute atomic E-state index is 6.66. The molecule has 4 rings (SSSR count). The molecule has 0 amide bonds. The Labute approximate surface area is 196 Å². The van der Waals surface area contributed by atoms with Gasteiger partial charge in [0.25, 0.3) is 0 Å². The maximum Gasteiger partial charge on any atom is 0.141 e. The highest BCUT2D eigenvalue weighted by Gasteiger charge is 2.25. The van der Waals surface area contributed by atoms with Crippen LogP contribution in [-0.2, 0) is 4.74 Å². The van der Waals surface area contributed by atoms with Gasteiger partial charge in [-0.1, -0.05) is 34.8 Å². The summed E-state index contributed by atoms with van der Waals surface area (Å²) < 4.78 is 16.5. The molecule has 9 heteroatoms. The first kappa shape index (κ1) is 22.2. The van der Waals surface area contributed by atoms with E-state index in [1.807, 2.05) is 12.1 Å². The van der Waals surface area contributed by atoms with Crippen LogP contribution in [0.1, 0.15) is 12.8 Å². The number of benzene rings is 1. The number of pyridine rings is 2. The number of piperidine rings is 1. The molecule has 0 bridgehead atoms. The number of hydrogen-bond acceptors (Lipinski definition) is 6. The van der Waals surface area contributed by atoms with E-state index >= 15 is 0 Å². The Morgan fingerprint density at radius 2 is 1.71 bits per heavy atom. The number of halogens is 3. The molecule has 164 valence electrons. The van der Waals surface area contributed by atoms with Crippen molar-refractivity contribution in [1.29, 1.82) is 0 Å². The van der Waals surface area contributed by atoms with E-state index in [0.717, 1.165) is 42.5 Å². The molecule has 2 aromatic heterocycles. The SMILES string of the molecule is COc1cc(OC)c(Cl)c(-c2cc3cnc(Cl)cc3c(N3CCCC(OC)C3)n2)c1Cl. The summed E-state index contributed by atoms with van der Waals surface area (Å²) in [5.74, 6) is 1.69. The normalized spacial score (nSPS) is 16.6. The van der Waals surface area contributed by atoms with Crippen LogP contribution in [-0.4, -0.2) is 50.5 Å². The Hall–Kier alpha value is -1.99. The second-order valence-electron chi connectivity index (χ2n) is 7.29. The smallest absolute Gasteiger partial charge is 0.141 e. The van der Waals surface area contributed by atoms with Crippen LogP contribution in [0.25, 0.3) is 22.0 Å². The van der Waals surface area contributed by atoms with Crippen molar-refractivity contribution in [3.63, 3.8) is 0 Å². The molecule has 0 spiro atoms.